The molecule has 0 aliphatic carbocycles. The van der Waals surface area contributed by atoms with Crippen LogP contribution in [-0.4, -0.2) is 23.1 Å². The molecule has 0 atom stereocenters. The SMILES string of the molecule is COc1cc(C(=O)NCc2nc(C)cs2)cc(Br)c1O. The van der Waals surface area contributed by atoms with Gasteiger partial charge in [0.2, 0.25) is 0 Å². The van der Waals surface area contributed by atoms with Crippen LogP contribution in [0.1, 0.15) is 21.1 Å². The van der Waals surface area contributed by atoms with Crippen LogP contribution in [0.2, 0.25) is 0 Å². The summed E-state index contributed by atoms with van der Waals surface area (Å²) < 4.78 is 5.42. The minimum atomic E-state index is -0.253. The summed E-state index contributed by atoms with van der Waals surface area (Å²) in [6.07, 6.45) is 0. The van der Waals surface area contributed by atoms with Gasteiger partial charge in [-0.15, -0.1) is 11.3 Å². The summed E-state index contributed by atoms with van der Waals surface area (Å²) in [6.45, 7) is 2.28. The number of nitrogens with zero attached hydrogens (tertiary/aromatic N) is 1. The highest BCUT2D eigenvalue weighted by atomic mass is 79.9. The van der Waals surface area contributed by atoms with Crippen molar-refractivity contribution in [2.24, 2.45) is 0 Å². The van der Waals surface area contributed by atoms with Crippen LogP contribution in [0.5, 0.6) is 11.5 Å². The van der Waals surface area contributed by atoms with E-state index >= 15 is 0 Å². The Hall–Kier alpha value is -1.60. The molecular weight excluding hydrogens is 344 g/mol. The highest BCUT2D eigenvalue weighted by Gasteiger charge is 2.13. The largest absolute Gasteiger partial charge is 0.503 e. The Labute approximate surface area is 128 Å². The molecule has 0 spiro atoms. The molecule has 2 aromatic rings. The van der Waals surface area contributed by atoms with E-state index in [1.54, 1.807) is 6.07 Å². The Kier molecular flexibility index (Phi) is 4.61. The summed E-state index contributed by atoms with van der Waals surface area (Å²) in [6, 6.07) is 3.03. The number of phenols is 1. The van der Waals surface area contributed by atoms with E-state index in [1.807, 2.05) is 12.3 Å². The Balaban J connectivity index is 2.11. The van der Waals surface area contributed by atoms with Crippen molar-refractivity contribution in [2.45, 2.75) is 13.5 Å². The van der Waals surface area contributed by atoms with Gasteiger partial charge in [-0.3, -0.25) is 4.79 Å². The lowest BCUT2D eigenvalue weighted by molar-refractivity contribution is 0.0950. The first kappa shape index (κ1) is 14.8. The molecule has 106 valence electrons. The molecule has 1 amide bonds. The zero-order chi connectivity index (χ0) is 14.7. The second-order valence-corrected chi connectivity index (χ2v) is 5.87. The molecule has 1 aromatic carbocycles. The molecule has 0 unspecified atom stereocenters. The number of thiazole rings is 1. The average molecular weight is 357 g/mol. The average Bonchev–Trinajstić information content (AvgIpc) is 2.84. The zero-order valence-corrected chi connectivity index (χ0v) is 13.3. The number of phenolic OH excluding ortho intramolecular Hbond substituents is 1. The highest BCUT2D eigenvalue weighted by Crippen LogP contribution is 2.35. The highest BCUT2D eigenvalue weighted by molar-refractivity contribution is 9.10. The lowest BCUT2D eigenvalue weighted by Gasteiger charge is -2.09. The van der Waals surface area contributed by atoms with Gasteiger partial charge in [-0.05, 0) is 35.0 Å². The van der Waals surface area contributed by atoms with Crippen LogP contribution in [0.25, 0.3) is 0 Å². The number of rotatable bonds is 4. The van der Waals surface area contributed by atoms with Crippen molar-refractivity contribution < 1.29 is 14.6 Å². The number of hydrogen-bond donors (Lipinski definition) is 2. The number of nitrogens with one attached hydrogen (secondary N) is 1. The maximum atomic E-state index is 12.1. The topological polar surface area (TPSA) is 71.5 Å². The van der Waals surface area contributed by atoms with Crippen LogP contribution >= 0.6 is 27.3 Å². The third-order valence-electron chi connectivity index (χ3n) is 2.58. The lowest BCUT2D eigenvalue weighted by atomic mass is 10.2. The molecule has 0 aliphatic heterocycles. The van der Waals surface area contributed by atoms with Crippen molar-refractivity contribution >= 4 is 33.2 Å². The smallest absolute Gasteiger partial charge is 0.251 e. The summed E-state index contributed by atoms with van der Waals surface area (Å²) in [4.78, 5) is 16.3. The molecule has 5 nitrogen and oxygen atoms in total. The number of halogens is 1. The summed E-state index contributed by atoms with van der Waals surface area (Å²) in [5.41, 5.74) is 1.34. The predicted molar refractivity (Wildman–Crippen MR) is 80.4 cm³/mol. The normalized spacial score (nSPS) is 10.3. The van der Waals surface area contributed by atoms with Crippen LogP contribution in [0, 0.1) is 6.92 Å². The van der Waals surface area contributed by atoms with Crippen molar-refractivity contribution in [2.75, 3.05) is 7.11 Å². The van der Waals surface area contributed by atoms with E-state index in [4.69, 9.17) is 4.74 Å². The molecule has 1 aromatic heterocycles. The minimum absolute atomic E-state index is 0.0281. The maximum Gasteiger partial charge on any atom is 0.251 e. The standard InChI is InChI=1S/C13H13BrN2O3S/c1-7-6-20-11(16-7)5-15-13(18)8-3-9(14)12(17)10(4-8)19-2/h3-4,6,17H,5H2,1-2H3,(H,15,18). The predicted octanol–water partition coefficient (Wildman–Crippen LogP) is 2.86. The fourth-order valence-electron chi connectivity index (χ4n) is 1.60. The Morgan fingerprint density at radius 3 is 2.90 bits per heavy atom. The van der Waals surface area contributed by atoms with Crippen molar-refractivity contribution in [3.05, 3.63) is 38.3 Å². The maximum absolute atomic E-state index is 12.1. The third-order valence-corrected chi connectivity index (χ3v) is 4.15. The van der Waals surface area contributed by atoms with E-state index in [0.29, 0.717) is 16.6 Å². The molecule has 0 saturated carbocycles. The van der Waals surface area contributed by atoms with E-state index in [0.717, 1.165) is 10.7 Å². The molecule has 0 bridgehead atoms. The number of benzene rings is 1. The number of carbonyl (C=O) groups excluding carboxylic acids is 1. The van der Waals surface area contributed by atoms with E-state index < -0.39 is 0 Å². The molecule has 7 heteroatoms. The molecule has 2 rings (SSSR count). The van der Waals surface area contributed by atoms with Crippen molar-refractivity contribution in [3.8, 4) is 11.5 Å². The lowest BCUT2D eigenvalue weighted by Crippen LogP contribution is -2.22. The van der Waals surface area contributed by atoms with Gasteiger partial charge in [-0.2, -0.15) is 0 Å². The summed E-state index contributed by atoms with van der Waals surface area (Å²) in [7, 11) is 1.43. The number of hydrogen-bond acceptors (Lipinski definition) is 5. The fraction of sp³-hybridized carbons (Fsp3) is 0.231. The quantitative estimate of drug-likeness (QED) is 0.883. The first-order valence-corrected chi connectivity index (χ1v) is 7.44. The van der Waals surface area contributed by atoms with Gasteiger partial charge >= 0.3 is 0 Å². The van der Waals surface area contributed by atoms with Gasteiger partial charge in [0.25, 0.3) is 5.91 Å². The van der Waals surface area contributed by atoms with Gasteiger partial charge in [0.1, 0.15) is 5.01 Å². The van der Waals surface area contributed by atoms with Crippen molar-refractivity contribution in [1.29, 1.82) is 0 Å². The van der Waals surface area contributed by atoms with Gasteiger partial charge < -0.3 is 15.2 Å². The zero-order valence-electron chi connectivity index (χ0n) is 10.9. The second-order valence-electron chi connectivity index (χ2n) is 4.07. The molecule has 0 fully saturated rings. The van der Waals surface area contributed by atoms with Crippen LogP contribution < -0.4 is 10.1 Å². The minimum Gasteiger partial charge on any atom is -0.503 e. The number of carbonyl (C=O) groups is 1. The van der Waals surface area contributed by atoms with Gasteiger partial charge in [0.05, 0.1) is 18.1 Å². The number of aromatic hydroxyl groups is 1. The number of methoxy groups -OCH3 is 1. The summed E-state index contributed by atoms with van der Waals surface area (Å²) in [5.74, 6) is -0.0360. The van der Waals surface area contributed by atoms with E-state index in [-0.39, 0.29) is 17.4 Å². The molecule has 2 N–H and O–H groups in total. The number of amides is 1. The molecular formula is C13H13BrN2O3S. The Bertz CT molecular complexity index is 643. The third kappa shape index (κ3) is 3.29. The van der Waals surface area contributed by atoms with Gasteiger partial charge in [0.15, 0.2) is 11.5 Å². The van der Waals surface area contributed by atoms with E-state index in [1.165, 1.54) is 24.5 Å². The summed E-state index contributed by atoms with van der Waals surface area (Å²) in [5, 5.41) is 15.3. The number of aromatic nitrogens is 1. The van der Waals surface area contributed by atoms with Gasteiger partial charge in [0, 0.05) is 16.6 Å². The Morgan fingerprint density at radius 1 is 1.55 bits per heavy atom. The molecule has 0 aliphatic rings. The molecule has 1 heterocycles. The first-order valence-electron chi connectivity index (χ1n) is 5.77. The van der Waals surface area contributed by atoms with E-state index in [9.17, 15) is 9.90 Å². The molecule has 0 radical (unpaired) electrons. The van der Waals surface area contributed by atoms with Crippen LogP contribution in [0.15, 0.2) is 22.0 Å². The van der Waals surface area contributed by atoms with Gasteiger partial charge in [-0.1, -0.05) is 0 Å². The van der Waals surface area contributed by atoms with Crippen LogP contribution in [0.3, 0.4) is 0 Å². The number of aryl methyl sites for hydroxylation is 1. The molecule has 0 saturated heterocycles. The Morgan fingerprint density at radius 2 is 2.30 bits per heavy atom. The fourth-order valence-corrected chi connectivity index (χ4v) is 2.76. The van der Waals surface area contributed by atoms with Gasteiger partial charge in [-0.25, -0.2) is 4.98 Å². The van der Waals surface area contributed by atoms with Crippen molar-refractivity contribution in [3.63, 3.8) is 0 Å². The number of ether oxygens (including phenoxy) is 1. The monoisotopic (exact) mass is 356 g/mol. The van der Waals surface area contributed by atoms with E-state index in [2.05, 4.69) is 26.2 Å². The van der Waals surface area contributed by atoms with Crippen LogP contribution in [-0.2, 0) is 6.54 Å². The van der Waals surface area contributed by atoms with Crippen molar-refractivity contribution in [1.82, 2.24) is 10.3 Å². The first-order chi connectivity index (χ1) is 9.51. The summed E-state index contributed by atoms with van der Waals surface area (Å²) >= 11 is 4.69. The second kappa shape index (κ2) is 6.23. The molecule has 20 heavy (non-hydrogen) atoms. The van der Waals surface area contributed by atoms with Crippen LogP contribution in [0.4, 0.5) is 0 Å².